The van der Waals surface area contributed by atoms with Gasteiger partial charge in [-0.05, 0) is 93.8 Å². The number of aryl methyl sites for hydroxylation is 4. The first-order valence-electron chi connectivity index (χ1n) is 23.8. The largest absolute Gasteiger partial charge is 0.506 e. The number of aromatic amines is 1. The van der Waals surface area contributed by atoms with Gasteiger partial charge >= 0.3 is 0 Å². The molecule has 22 heteroatoms. The lowest BCUT2D eigenvalue weighted by molar-refractivity contribution is 0.0542. The summed E-state index contributed by atoms with van der Waals surface area (Å²) in [4.78, 5) is 38.9. The Labute approximate surface area is 425 Å². The average molecular weight is 1030 g/mol. The first kappa shape index (κ1) is 47.9. The summed E-state index contributed by atoms with van der Waals surface area (Å²) in [5.74, 6) is 0.285. The number of halogens is 3. The Morgan fingerprint density at radius 2 is 1.25 bits per heavy atom. The summed E-state index contributed by atoms with van der Waals surface area (Å²) in [6.07, 6.45) is 9.88. The highest BCUT2D eigenvalue weighted by molar-refractivity contribution is 6.31. The van der Waals surface area contributed by atoms with Crippen molar-refractivity contribution in [3.63, 3.8) is 0 Å². The van der Waals surface area contributed by atoms with Crippen molar-refractivity contribution in [1.29, 1.82) is 0 Å². The Morgan fingerprint density at radius 1 is 0.726 bits per heavy atom. The highest BCUT2D eigenvalue weighted by Gasteiger charge is 2.36. The van der Waals surface area contributed by atoms with E-state index >= 15 is 4.39 Å². The molecule has 0 amide bonds. The lowest BCUT2D eigenvalue weighted by Gasteiger charge is -2.32. The Hall–Kier alpha value is -7.39. The van der Waals surface area contributed by atoms with Crippen LogP contribution in [0.25, 0.3) is 66.4 Å². The van der Waals surface area contributed by atoms with Crippen LogP contribution in [0, 0.1) is 31.5 Å². The number of hydrogen-bond donors (Lipinski definition) is 2. The molecule has 2 saturated heterocycles. The molecule has 73 heavy (non-hydrogen) atoms. The maximum atomic E-state index is 15.3. The zero-order chi connectivity index (χ0) is 50.7. The molecule has 12 heterocycles. The van der Waals surface area contributed by atoms with Gasteiger partial charge in [0.25, 0.3) is 5.56 Å². The quantitative estimate of drug-likeness (QED) is 0.129. The first-order chi connectivity index (χ1) is 35.4. The molecule has 2 atom stereocenters. The first-order valence-corrected chi connectivity index (χ1v) is 24.6. The second-order valence-corrected chi connectivity index (χ2v) is 19.1. The van der Waals surface area contributed by atoms with Crippen LogP contribution in [0.3, 0.4) is 0 Å². The Kier molecular flexibility index (Phi) is 12.8. The summed E-state index contributed by atoms with van der Waals surface area (Å²) in [7, 11) is 5.24. The van der Waals surface area contributed by atoms with Crippen molar-refractivity contribution in [2.24, 2.45) is 25.9 Å². The van der Waals surface area contributed by atoms with Crippen molar-refractivity contribution >= 4 is 67.1 Å². The molecular weight excluding hydrogens is 979 g/mol. The summed E-state index contributed by atoms with van der Waals surface area (Å²) >= 11 is 12.8. The molecule has 2 aliphatic rings. The number of rotatable bonds is 9. The third-order valence-electron chi connectivity index (χ3n) is 14.0. The second-order valence-electron chi connectivity index (χ2n) is 18.3. The van der Waals surface area contributed by atoms with Gasteiger partial charge in [-0.25, -0.2) is 18.7 Å². The molecule has 10 aromatic rings. The molecule has 0 bridgehead atoms. The summed E-state index contributed by atoms with van der Waals surface area (Å²) < 4.78 is 39.9. The van der Waals surface area contributed by atoms with Crippen molar-refractivity contribution in [3.05, 3.63) is 123 Å². The van der Waals surface area contributed by atoms with Crippen molar-refractivity contribution < 1.29 is 23.7 Å². The van der Waals surface area contributed by atoms with Crippen LogP contribution in [-0.2, 0) is 23.6 Å². The topological polar surface area (TPSA) is 217 Å². The molecule has 2 N–H and O–H groups in total. The molecule has 2 fully saturated rings. The number of methoxy groups -OCH3 is 1. The molecule has 0 aliphatic carbocycles. The van der Waals surface area contributed by atoms with Gasteiger partial charge in [0.15, 0.2) is 0 Å². The standard InChI is InChI=1S/C26H26ClN7O3.C25H23ClFN7O2/c1-14-24(33(2)32-31-14)16-11-18-22(29-13-16)21-17(12-20(27)30-26(21)36-3)34(18)25(15-6-9-37-10-7-15)23-19(35)5-4-8-28-23;1-13-23(33(2)32-31-13)15-10-18-22(29-12-15)20-17(11-19(26)30-25(20)35)34(18)24(14-5-8-36-9-6-14)21-16(27)4-3-7-28-21/h4-5,8,11-13,15,25,35H,6-7,9-10H2,1-3H3;3-4,7,10-12,14,24H,5-6,8-9H2,1-2H3,(H,30,35). The van der Waals surface area contributed by atoms with Crippen LogP contribution in [0.2, 0.25) is 10.3 Å². The molecule has 2 aliphatic heterocycles. The molecule has 19 nitrogen and oxygen atoms in total. The van der Waals surface area contributed by atoms with Crippen LogP contribution in [0.1, 0.15) is 60.5 Å². The lowest BCUT2D eigenvalue weighted by atomic mass is 9.88. The van der Waals surface area contributed by atoms with Gasteiger partial charge in [-0.1, -0.05) is 33.6 Å². The highest BCUT2D eigenvalue weighted by atomic mass is 35.5. The van der Waals surface area contributed by atoms with Gasteiger partial charge in [-0.15, -0.1) is 10.2 Å². The van der Waals surface area contributed by atoms with E-state index in [0.717, 1.165) is 81.5 Å². The third kappa shape index (κ3) is 8.50. The van der Waals surface area contributed by atoms with Crippen molar-refractivity contribution in [2.45, 2.75) is 51.6 Å². The fourth-order valence-electron chi connectivity index (χ4n) is 10.9. The van der Waals surface area contributed by atoms with Crippen LogP contribution >= 0.6 is 23.2 Å². The number of nitrogens with one attached hydrogen (secondary N) is 1. The Balaban J connectivity index is 0.000000157. The molecule has 0 spiro atoms. The minimum absolute atomic E-state index is 0.0174. The van der Waals surface area contributed by atoms with E-state index in [1.807, 2.05) is 50.8 Å². The number of aromatic hydroxyl groups is 1. The van der Waals surface area contributed by atoms with E-state index in [4.69, 9.17) is 47.4 Å². The minimum Gasteiger partial charge on any atom is -0.506 e. The fourth-order valence-corrected chi connectivity index (χ4v) is 11.3. The minimum atomic E-state index is -0.504. The molecule has 10 aromatic heterocycles. The predicted octanol–water partition coefficient (Wildman–Crippen LogP) is 8.65. The monoisotopic (exact) mass is 1030 g/mol. The Bertz CT molecular complexity index is 3740. The maximum absolute atomic E-state index is 15.3. The molecular formula is C51H49Cl2FN14O5. The molecule has 2 unspecified atom stereocenters. The predicted molar refractivity (Wildman–Crippen MR) is 272 cm³/mol. The molecule has 0 saturated carbocycles. The van der Waals surface area contributed by atoms with E-state index in [1.54, 1.807) is 59.3 Å². The van der Waals surface area contributed by atoms with E-state index in [-0.39, 0.29) is 34.3 Å². The van der Waals surface area contributed by atoms with Crippen LogP contribution in [0.15, 0.2) is 78.1 Å². The Morgan fingerprint density at radius 3 is 1.77 bits per heavy atom. The number of hydrogen-bond acceptors (Lipinski definition) is 14. The van der Waals surface area contributed by atoms with E-state index < -0.39 is 11.9 Å². The zero-order valence-electron chi connectivity index (χ0n) is 40.4. The molecule has 374 valence electrons. The number of nitrogens with zero attached hydrogens (tertiary/aromatic N) is 13. The molecule has 0 aromatic carbocycles. The fraction of sp³-hybridized carbons (Fsp3) is 0.333. The second kappa shape index (κ2) is 19.6. The van der Waals surface area contributed by atoms with Crippen LogP contribution in [0.4, 0.5) is 4.39 Å². The van der Waals surface area contributed by atoms with Gasteiger partial charge in [0.1, 0.15) is 38.6 Å². The number of pyridine rings is 6. The van der Waals surface area contributed by atoms with Gasteiger partial charge < -0.3 is 33.4 Å². The van der Waals surface area contributed by atoms with Crippen LogP contribution < -0.4 is 10.3 Å². The molecule has 12 rings (SSSR count). The number of aromatic nitrogens is 14. The summed E-state index contributed by atoms with van der Waals surface area (Å²) in [5.41, 5.74) is 9.56. The van der Waals surface area contributed by atoms with Crippen LogP contribution in [0.5, 0.6) is 11.6 Å². The summed E-state index contributed by atoms with van der Waals surface area (Å²) in [6.45, 7) is 6.21. The van der Waals surface area contributed by atoms with Gasteiger partial charge in [0.2, 0.25) is 5.88 Å². The van der Waals surface area contributed by atoms with E-state index in [2.05, 4.69) is 51.2 Å². The maximum Gasteiger partial charge on any atom is 0.260 e. The van der Waals surface area contributed by atoms with E-state index in [9.17, 15) is 9.90 Å². The zero-order valence-corrected chi connectivity index (χ0v) is 41.9. The van der Waals surface area contributed by atoms with Crippen molar-refractivity contribution in [3.8, 4) is 34.1 Å². The van der Waals surface area contributed by atoms with Gasteiger partial charge in [0, 0.05) is 82.5 Å². The number of fused-ring (bicyclic) bond motifs is 6. The number of ether oxygens (including phenoxy) is 3. The third-order valence-corrected chi connectivity index (χ3v) is 14.4. The van der Waals surface area contributed by atoms with E-state index in [0.29, 0.717) is 70.8 Å². The molecule has 0 radical (unpaired) electrons. The van der Waals surface area contributed by atoms with Gasteiger partial charge in [-0.3, -0.25) is 24.7 Å². The number of H-pyrrole nitrogens is 1. The lowest BCUT2D eigenvalue weighted by Crippen LogP contribution is -2.28. The smallest absolute Gasteiger partial charge is 0.260 e. The summed E-state index contributed by atoms with van der Waals surface area (Å²) in [6, 6.07) is 13.1. The van der Waals surface area contributed by atoms with Gasteiger partial charge in [0.05, 0.1) is 80.5 Å². The van der Waals surface area contributed by atoms with Crippen molar-refractivity contribution in [2.75, 3.05) is 33.5 Å². The SMILES string of the molecule is COc1nc(Cl)cc2c1c1ncc(-c3c(C)nnn3C)cc1n2C(c1ncccc1O)C1CCOCC1.Cc1nnn(C)c1-c1cnc2c3c(=O)[nH]c(Cl)cc3n(C(c3ncccc3F)C3CCOCC3)c2c1. The summed E-state index contributed by atoms with van der Waals surface area (Å²) in [5, 5.41) is 29.3. The average Bonchev–Trinajstić information content (AvgIpc) is 4.11. The normalized spacial score (nSPS) is 15.6. The van der Waals surface area contributed by atoms with Gasteiger partial charge in [-0.2, -0.15) is 0 Å². The highest BCUT2D eigenvalue weighted by Crippen LogP contribution is 2.46. The van der Waals surface area contributed by atoms with Crippen molar-refractivity contribution in [1.82, 2.24) is 69.0 Å². The van der Waals surface area contributed by atoms with E-state index in [1.165, 1.54) is 6.07 Å². The van der Waals surface area contributed by atoms with Crippen LogP contribution in [-0.4, -0.2) is 108 Å².